The van der Waals surface area contributed by atoms with Crippen molar-refractivity contribution in [2.45, 2.75) is 9.79 Å². The normalized spacial score (nSPS) is 11.6. The lowest BCUT2D eigenvalue weighted by Gasteiger charge is -2.14. The van der Waals surface area contributed by atoms with Crippen LogP contribution in [-0.2, 0) is 19.5 Å². The Labute approximate surface area is 183 Å². The van der Waals surface area contributed by atoms with Crippen molar-refractivity contribution in [3.05, 3.63) is 58.1 Å². The van der Waals surface area contributed by atoms with Crippen molar-refractivity contribution in [2.75, 3.05) is 5.32 Å². The molecule has 0 saturated heterocycles. The number of nitrogens with one attached hydrogen (secondary N) is 1. The molecule has 30 heavy (non-hydrogen) atoms. The number of rotatable bonds is 6. The van der Waals surface area contributed by atoms with Gasteiger partial charge in [-0.3, -0.25) is 9.35 Å². The summed E-state index contributed by atoms with van der Waals surface area (Å²) in [5.41, 5.74) is 0.108. The van der Waals surface area contributed by atoms with Crippen LogP contribution < -0.4 is 5.32 Å². The largest absolute Gasteiger partial charge is 0.507 e. The summed E-state index contributed by atoms with van der Waals surface area (Å²) in [5.74, 6) is -1.19. The van der Waals surface area contributed by atoms with E-state index in [-0.39, 0.29) is 37.0 Å². The van der Waals surface area contributed by atoms with E-state index in [2.05, 4.69) is 14.7 Å². The van der Waals surface area contributed by atoms with Gasteiger partial charge in [-0.25, -0.2) is 5.26 Å². The Balaban J connectivity index is 2.16. The van der Waals surface area contributed by atoms with E-state index in [1.807, 2.05) is 0 Å². The van der Waals surface area contributed by atoms with Crippen molar-refractivity contribution in [1.29, 1.82) is 0 Å². The maximum Gasteiger partial charge on any atom is 0.294 e. The van der Waals surface area contributed by atoms with Gasteiger partial charge in [0.2, 0.25) is 0 Å². The van der Waals surface area contributed by atoms with Gasteiger partial charge in [0, 0.05) is 21.4 Å². The van der Waals surface area contributed by atoms with Gasteiger partial charge < -0.3 is 10.4 Å². The molecule has 0 aromatic heterocycles. The van der Waals surface area contributed by atoms with E-state index in [9.17, 15) is 22.9 Å². The molecule has 0 saturated carbocycles. The number of hydrogen-bond donors (Lipinski definition) is 4. The van der Waals surface area contributed by atoms with Crippen molar-refractivity contribution >= 4 is 67.7 Å². The zero-order valence-electron chi connectivity index (χ0n) is 14.5. The smallest absolute Gasteiger partial charge is 0.294 e. The highest BCUT2D eigenvalue weighted by Crippen LogP contribution is 2.38. The molecule has 3 aromatic rings. The minimum Gasteiger partial charge on any atom is -0.507 e. The molecule has 13 heteroatoms. The molecule has 0 radical (unpaired) electrons. The lowest BCUT2D eigenvalue weighted by molar-refractivity contribution is -0.432. The number of phenols is 1. The number of anilines is 1. The van der Waals surface area contributed by atoms with Gasteiger partial charge in [0.05, 0.1) is 33.2 Å². The van der Waals surface area contributed by atoms with Gasteiger partial charge >= 0.3 is 0 Å². The van der Waals surface area contributed by atoms with Crippen LogP contribution in [0.3, 0.4) is 0 Å². The maximum absolute atomic E-state index is 12.7. The first-order valence-electron chi connectivity index (χ1n) is 7.79. The van der Waals surface area contributed by atoms with Gasteiger partial charge in [-0.1, -0.05) is 28.2 Å². The van der Waals surface area contributed by atoms with Crippen LogP contribution in [-0.4, -0.2) is 29.2 Å². The summed E-state index contributed by atoms with van der Waals surface area (Å²) in [6, 6.07) is 8.94. The number of aromatic hydroxyl groups is 1. The summed E-state index contributed by atoms with van der Waals surface area (Å²) >= 11 is 12.5. The Bertz CT molecular complexity index is 1250. The molecule has 4 N–H and O–H groups in total. The number of carbonyl (C=O) groups excluding carboxylic acids is 1. The first-order valence-corrected chi connectivity index (χ1v) is 10.7. The highest BCUT2D eigenvalue weighted by atomic mass is 35.5. The Hall–Kier alpha value is -2.09. The van der Waals surface area contributed by atoms with E-state index in [4.69, 9.17) is 28.5 Å². The quantitative estimate of drug-likeness (QED) is 0.165. The number of carbonyl (C=O) groups is 1. The van der Waals surface area contributed by atoms with Crippen molar-refractivity contribution in [2.24, 2.45) is 0 Å². The average Bonchev–Trinajstić information content (AvgIpc) is 2.66. The third kappa shape index (κ3) is 4.96. The molecule has 0 unspecified atom stereocenters. The van der Waals surface area contributed by atoms with Crippen molar-refractivity contribution in [3.63, 3.8) is 0 Å². The number of amides is 1. The third-order valence-corrected chi connectivity index (χ3v) is 5.81. The molecule has 0 aliphatic heterocycles. The van der Waals surface area contributed by atoms with E-state index in [1.54, 1.807) is 0 Å². The summed E-state index contributed by atoms with van der Waals surface area (Å²) in [6.45, 7) is 0. The highest BCUT2D eigenvalue weighted by Gasteiger charge is 2.19. The molecule has 0 bridgehead atoms. The monoisotopic (exact) mass is 491 g/mol. The lowest BCUT2D eigenvalue weighted by atomic mass is 10.1. The second kappa shape index (κ2) is 8.96. The van der Waals surface area contributed by atoms with Gasteiger partial charge in [0.15, 0.2) is 0 Å². The summed E-state index contributed by atoms with van der Waals surface area (Å²) < 4.78 is 36.6. The van der Waals surface area contributed by atoms with Crippen LogP contribution in [0.15, 0.2) is 52.3 Å². The zero-order valence-corrected chi connectivity index (χ0v) is 17.6. The lowest BCUT2D eigenvalue weighted by Crippen LogP contribution is -2.13. The molecule has 0 fully saturated rings. The fourth-order valence-corrected chi connectivity index (χ4v) is 4.01. The predicted octanol–water partition coefficient (Wildman–Crippen LogP) is 4.78. The number of halogens is 2. The van der Waals surface area contributed by atoms with Crippen LogP contribution in [0, 0.1) is 0 Å². The zero-order chi connectivity index (χ0) is 22.1. The molecule has 3 aromatic carbocycles. The maximum atomic E-state index is 12.7. The van der Waals surface area contributed by atoms with Crippen LogP contribution >= 0.6 is 35.2 Å². The Morgan fingerprint density at radius 2 is 1.83 bits per heavy atom. The van der Waals surface area contributed by atoms with Gasteiger partial charge in [0.25, 0.3) is 16.0 Å². The Morgan fingerprint density at radius 1 is 1.10 bits per heavy atom. The molecule has 0 aliphatic carbocycles. The van der Waals surface area contributed by atoms with Gasteiger partial charge in [-0.05, 0) is 41.8 Å². The Morgan fingerprint density at radius 3 is 2.50 bits per heavy atom. The summed E-state index contributed by atoms with van der Waals surface area (Å²) in [4.78, 5) is 12.4. The van der Waals surface area contributed by atoms with Gasteiger partial charge in [0.1, 0.15) is 5.75 Å². The molecule has 0 aliphatic rings. The second-order valence-corrected chi connectivity index (χ2v) is 8.83. The number of fused-ring (bicyclic) bond motifs is 1. The number of hydrogen-bond acceptors (Lipinski definition) is 8. The molecular weight excluding hydrogens is 481 g/mol. The molecule has 3 rings (SSSR count). The predicted molar refractivity (Wildman–Crippen MR) is 110 cm³/mol. The third-order valence-electron chi connectivity index (χ3n) is 3.86. The van der Waals surface area contributed by atoms with E-state index in [0.29, 0.717) is 12.0 Å². The average molecular weight is 492 g/mol. The number of benzene rings is 3. The number of phenolic OH excluding ortho intramolecular Hbond substituents is 1. The standard InChI is InChI=1S/C17H11Cl2NO8S2/c18-9-1-2-13(19)12(5-9)17(22)20-14-6-10(29-28-27-23)3-8-4-11(30(24,25)26)7-15(21)16(8)14/h1-7,21,23H,(H,20,22)(H,24,25,26). The van der Waals surface area contributed by atoms with Gasteiger partial charge in [-0.15, -0.1) is 4.33 Å². The summed E-state index contributed by atoms with van der Waals surface area (Å²) in [5, 5.41) is 25.4. The summed E-state index contributed by atoms with van der Waals surface area (Å²) in [7, 11) is -4.62. The molecule has 0 atom stereocenters. The molecule has 1 amide bonds. The SMILES string of the molecule is O=C(Nc1cc(SOOO)cc2cc(S(=O)(=O)O)cc(O)c12)c1cc(Cl)ccc1Cl. The molecule has 9 nitrogen and oxygen atoms in total. The molecule has 0 heterocycles. The first kappa shape index (κ1) is 22.6. The van der Waals surface area contributed by atoms with Crippen LogP contribution in [0.4, 0.5) is 5.69 Å². The van der Waals surface area contributed by atoms with E-state index in [0.717, 1.165) is 12.1 Å². The van der Waals surface area contributed by atoms with Crippen molar-refractivity contribution < 1.29 is 37.5 Å². The first-order chi connectivity index (χ1) is 14.1. The van der Waals surface area contributed by atoms with Crippen LogP contribution in [0.2, 0.25) is 10.0 Å². The molecular formula is C17H11Cl2NO8S2. The fraction of sp³-hybridized carbons (Fsp3) is 0. The fourth-order valence-electron chi connectivity index (χ4n) is 2.65. The Kier molecular flexibility index (Phi) is 6.75. The van der Waals surface area contributed by atoms with Crippen molar-refractivity contribution in [3.8, 4) is 5.75 Å². The minimum atomic E-state index is -4.62. The topological polar surface area (TPSA) is 142 Å². The van der Waals surface area contributed by atoms with Crippen LogP contribution in [0.1, 0.15) is 10.4 Å². The summed E-state index contributed by atoms with van der Waals surface area (Å²) in [6.07, 6.45) is 0. The van der Waals surface area contributed by atoms with Crippen molar-refractivity contribution in [1.82, 2.24) is 0 Å². The second-order valence-electron chi connectivity index (χ2n) is 5.79. The van der Waals surface area contributed by atoms with Gasteiger partial charge in [-0.2, -0.15) is 8.42 Å². The van der Waals surface area contributed by atoms with E-state index in [1.165, 1.54) is 30.3 Å². The highest BCUT2D eigenvalue weighted by molar-refractivity contribution is 7.94. The molecule has 158 valence electrons. The molecule has 0 spiro atoms. The van der Waals surface area contributed by atoms with E-state index < -0.39 is 26.7 Å². The van der Waals surface area contributed by atoms with Crippen LogP contribution in [0.25, 0.3) is 10.8 Å². The van der Waals surface area contributed by atoms with E-state index >= 15 is 0 Å². The van der Waals surface area contributed by atoms with Crippen LogP contribution in [0.5, 0.6) is 5.75 Å². The minimum absolute atomic E-state index is 0.0527.